The molecule has 0 spiro atoms. The van der Waals surface area contributed by atoms with Gasteiger partial charge in [-0.3, -0.25) is 4.79 Å². The number of benzene rings is 1. The number of nitrogens with zero attached hydrogens (tertiary/aromatic N) is 1. The fourth-order valence-electron chi connectivity index (χ4n) is 2.81. The van der Waals surface area contributed by atoms with Crippen molar-refractivity contribution in [3.8, 4) is 0 Å². The number of piperazine rings is 1. The summed E-state index contributed by atoms with van der Waals surface area (Å²) in [5.74, 6) is 0.682. The Balaban J connectivity index is 1.80. The van der Waals surface area contributed by atoms with E-state index in [0.717, 1.165) is 38.9 Å². The van der Waals surface area contributed by atoms with Crippen molar-refractivity contribution in [1.82, 2.24) is 10.2 Å². The highest BCUT2D eigenvalue weighted by Crippen LogP contribution is 2.34. The van der Waals surface area contributed by atoms with Crippen molar-refractivity contribution in [2.75, 3.05) is 19.6 Å². The number of hydrogen-bond donors (Lipinski definition) is 1. The predicted molar refractivity (Wildman–Crippen MR) is 75.9 cm³/mol. The maximum absolute atomic E-state index is 12.4. The van der Waals surface area contributed by atoms with Gasteiger partial charge in [0, 0.05) is 25.6 Å². The molecule has 1 heterocycles. The minimum atomic E-state index is 0.216. The molecule has 0 aromatic heterocycles. The van der Waals surface area contributed by atoms with Crippen LogP contribution in [0.1, 0.15) is 36.9 Å². The molecule has 1 unspecified atom stereocenters. The first-order chi connectivity index (χ1) is 9.29. The van der Waals surface area contributed by atoms with Crippen LogP contribution in [0.2, 0.25) is 0 Å². The van der Waals surface area contributed by atoms with E-state index in [9.17, 15) is 4.79 Å². The second-order valence-electron chi connectivity index (χ2n) is 5.62. The zero-order valence-electron chi connectivity index (χ0n) is 11.6. The number of carbonyl (C=O) groups is 1. The molecule has 1 aliphatic heterocycles. The first kappa shape index (κ1) is 12.7. The Hall–Kier alpha value is -1.35. The maximum atomic E-state index is 12.4. The van der Waals surface area contributed by atoms with Gasteiger partial charge in [0.2, 0.25) is 5.91 Å². The Kier molecular flexibility index (Phi) is 3.56. The van der Waals surface area contributed by atoms with Gasteiger partial charge in [0.05, 0.1) is 6.04 Å². The van der Waals surface area contributed by atoms with E-state index in [1.165, 1.54) is 11.1 Å². The Bertz CT molecular complexity index is 450. The van der Waals surface area contributed by atoms with E-state index >= 15 is 0 Å². The smallest absolute Gasteiger partial charge is 0.226 e. The summed E-state index contributed by atoms with van der Waals surface area (Å²) >= 11 is 0. The lowest BCUT2D eigenvalue weighted by atomic mass is 10.0. The Morgan fingerprint density at radius 3 is 2.68 bits per heavy atom. The van der Waals surface area contributed by atoms with Crippen LogP contribution in [-0.2, 0) is 11.2 Å². The summed E-state index contributed by atoms with van der Waals surface area (Å²) in [7, 11) is 0. The van der Waals surface area contributed by atoms with E-state index in [4.69, 9.17) is 0 Å². The van der Waals surface area contributed by atoms with Crippen LogP contribution in [0.15, 0.2) is 24.3 Å². The van der Waals surface area contributed by atoms with Gasteiger partial charge >= 0.3 is 0 Å². The van der Waals surface area contributed by atoms with Crippen molar-refractivity contribution in [2.24, 2.45) is 5.92 Å². The molecule has 1 saturated heterocycles. The molecule has 0 radical (unpaired) electrons. The summed E-state index contributed by atoms with van der Waals surface area (Å²) < 4.78 is 0. The molecule has 102 valence electrons. The monoisotopic (exact) mass is 258 g/mol. The van der Waals surface area contributed by atoms with Crippen LogP contribution in [0.25, 0.3) is 0 Å². The predicted octanol–water partition coefficient (Wildman–Crippen LogP) is 2.13. The highest BCUT2D eigenvalue weighted by molar-refractivity contribution is 5.81. The second kappa shape index (κ2) is 5.33. The SMILES string of the molecule is CCc1ccc(C2CNCCN2C(=O)C2CC2)cc1. The lowest BCUT2D eigenvalue weighted by Gasteiger charge is -2.37. The van der Waals surface area contributed by atoms with E-state index in [1.54, 1.807) is 0 Å². The van der Waals surface area contributed by atoms with Crippen molar-refractivity contribution in [2.45, 2.75) is 32.2 Å². The highest BCUT2D eigenvalue weighted by Gasteiger charge is 2.37. The van der Waals surface area contributed by atoms with Crippen LogP contribution in [-0.4, -0.2) is 30.4 Å². The van der Waals surface area contributed by atoms with Gasteiger partial charge in [0.25, 0.3) is 0 Å². The molecule has 3 rings (SSSR count). The zero-order valence-corrected chi connectivity index (χ0v) is 11.6. The lowest BCUT2D eigenvalue weighted by Crippen LogP contribution is -2.49. The largest absolute Gasteiger partial charge is 0.333 e. The summed E-state index contributed by atoms with van der Waals surface area (Å²) in [5, 5.41) is 3.41. The van der Waals surface area contributed by atoms with Crippen molar-refractivity contribution >= 4 is 5.91 Å². The average Bonchev–Trinajstić information content (AvgIpc) is 3.31. The molecule has 19 heavy (non-hydrogen) atoms. The molecule has 0 bridgehead atoms. The molecule has 2 aliphatic rings. The summed E-state index contributed by atoms with van der Waals surface area (Å²) in [5.41, 5.74) is 2.62. The van der Waals surface area contributed by atoms with E-state index in [2.05, 4.69) is 41.4 Å². The van der Waals surface area contributed by atoms with Crippen molar-refractivity contribution in [3.63, 3.8) is 0 Å². The van der Waals surface area contributed by atoms with Crippen LogP contribution >= 0.6 is 0 Å². The van der Waals surface area contributed by atoms with Gasteiger partial charge in [0.1, 0.15) is 0 Å². The third-order valence-corrected chi connectivity index (χ3v) is 4.23. The summed E-state index contributed by atoms with van der Waals surface area (Å²) in [6.07, 6.45) is 3.24. The highest BCUT2D eigenvalue weighted by atomic mass is 16.2. The Morgan fingerprint density at radius 2 is 2.05 bits per heavy atom. The normalized spacial score (nSPS) is 23.4. The van der Waals surface area contributed by atoms with E-state index in [0.29, 0.717) is 11.8 Å². The molecule has 1 saturated carbocycles. The lowest BCUT2D eigenvalue weighted by molar-refractivity contribution is -0.135. The number of aryl methyl sites for hydroxylation is 1. The first-order valence-electron chi connectivity index (χ1n) is 7.39. The average molecular weight is 258 g/mol. The fourth-order valence-corrected chi connectivity index (χ4v) is 2.81. The molecule has 1 N–H and O–H groups in total. The van der Waals surface area contributed by atoms with Crippen LogP contribution in [0.3, 0.4) is 0 Å². The summed E-state index contributed by atoms with van der Waals surface area (Å²) in [4.78, 5) is 14.5. The van der Waals surface area contributed by atoms with Gasteiger partial charge in [-0.15, -0.1) is 0 Å². The number of rotatable bonds is 3. The first-order valence-corrected chi connectivity index (χ1v) is 7.39. The standard InChI is InChI=1S/C16H22N2O/c1-2-12-3-5-13(6-4-12)15-11-17-9-10-18(15)16(19)14-7-8-14/h3-6,14-15,17H,2,7-11H2,1H3. The van der Waals surface area contributed by atoms with Gasteiger partial charge in [-0.05, 0) is 30.4 Å². The topological polar surface area (TPSA) is 32.3 Å². The number of amides is 1. The molecular weight excluding hydrogens is 236 g/mol. The van der Waals surface area contributed by atoms with Gasteiger partial charge < -0.3 is 10.2 Å². The van der Waals surface area contributed by atoms with Crippen molar-refractivity contribution in [1.29, 1.82) is 0 Å². The molecule has 1 aliphatic carbocycles. The zero-order chi connectivity index (χ0) is 13.2. The summed E-state index contributed by atoms with van der Waals surface area (Å²) in [6.45, 7) is 4.81. The third kappa shape index (κ3) is 2.66. The minimum Gasteiger partial charge on any atom is -0.333 e. The second-order valence-corrected chi connectivity index (χ2v) is 5.62. The van der Waals surface area contributed by atoms with E-state index in [-0.39, 0.29) is 6.04 Å². The van der Waals surface area contributed by atoms with Gasteiger partial charge in [-0.25, -0.2) is 0 Å². The molecule has 1 atom stereocenters. The summed E-state index contributed by atoms with van der Waals surface area (Å²) in [6, 6.07) is 8.95. The third-order valence-electron chi connectivity index (χ3n) is 4.23. The molecule has 1 aromatic carbocycles. The molecule has 3 heteroatoms. The van der Waals surface area contributed by atoms with Crippen LogP contribution < -0.4 is 5.32 Å². The molecule has 2 fully saturated rings. The maximum Gasteiger partial charge on any atom is 0.226 e. The molecule has 1 amide bonds. The molecular formula is C16H22N2O. The van der Waals surface area contributed by atoms with Crippen LogP contribution in [0, 0.1) is 5.92 Å². The van der Waals surface area contributed by atoms with Gasteiger partial charge in [-0.2, -0.15) is 0 Å². The Morgan fingerprint density at radius 1 is 1.32 bits per heavy atom. The molecule has 1 aromatic rings. The minimum absolute atomic E-state index is 0.216. The van der Waals surface area contributed by atoms with E-state index < -0.39 is 0 Å². The van der Waals surface area contributed by atoms with Gasteiger partial charge in [0.15, 0.2) is 0 Å². The van der Waals surface area contributed by atoms with Crippen LogP contribution in [0.5, 0.6) is 0 Å². The van der Waals surface area contributed by atoms with Crippen LogP contribution in [0.4, 0.5) is 0 Å². The molecule has 3 nitrogen and oxygen atoms in total. The number of nitrogens with one attached hydrogen (secondary N) is 1. The van der Waals surface area contributed by atoms with E-state index in [1.807, 2.05) is 0 Å². The number of hydrogen-bond acceptors (Lipinski definition) is 2. The Labute approximate surface area is 115 Å². The number of carbonyl (C=O) groups excluding carboxylic acids is 1. The van der Waals surface area contributed by atoms with Crippen molar-refractivity contribution in [3.05, 3.63) is 35.4 Å². The van der Waals surface area contributed by atoms with Crippen molar-refractivity contribution < 1.29 is 4.79 Å². The quantitative estimate of drug-likeness (QED) is 0.901. The fraction of sp³-hybridized carbons (Fsp3) is 0.562. The van der Waals surface area contributed by atoms with Gasteiger partial charge in [-0.1, -0.05) is 31.2 Å².